The third-order valence-electron chi connectivity index (χ3n) is 2.49. The summed E-state index contributed by atoms with van der Waals surface area (Å²) in [6.07, 6.45) is 0. The van der Waals surface area contributed by atoms with E-state index in [0.717, 1.165) is 9.35 Å². The van der Waals surface area contributed by atoms with Gasteiger partial charge in [0.05, 0.1) is 6.61 Å². The smallest absolute Gasteiger partial charge is 0.328 e. The molecule has 0 amide bonds. The molecule has 0 aliphatic carbocycles. The first-order chi connectivity index (χ1) is 9.22. The number of ether oxygens (including phenoxy) is 1. The van der Waals surface area contributed by atoms with Gasteiger partial charge >= 0.3 is 5.97 Å². The maximum absolute atomic E-state index is 12.1. The Hall–Kier alpha value is -0.690. The highest BCUT2D eigenvalue weighted by Crippen LogP contribution is 2.30. The predicted molar refractivity (Wildman–Crippen MR) is 82.6 cm³/mol. The standard InChI is InChI=1S/C13H14BrNO2S2/c1-2-17-13(16)11(12-10(14)5-7-19-12)15-8-9-4-3-6-18-9/h3-7,11,15H,2,8H2,1H3. The van der Waals surface area contributed by atoms with E-state index in [1.165, 1.54) is 4.88 Å². The number of carbonyl (C=O) groups is 1. The SMILES string of the molecule is CCOC(=O)C(NCc1cccs1)c1sccc1Br. The number of hydrogen-bond acceptors (Lipinski definition) is 5. The Labute approximate surface area is 128 Å². The maximum Gasteiger partial charge on any atom is 0.328 e. The first-order valence-corrected chi connectivity index (χ1v) is 8.43. The van der Waals surface area contributed by atoms with E-state index in [1.807, 2.05) is 35.9 Å². The Morgan fingerprint density at radius 1 is 1.42 bits per heavy atom. The van der Waals surface area contributed by atoms with Crippen LogP contribution >= 0.6 is 38.6 Å². The van der Waals surface area contributed by atoms with Crippen molar-refractivity contribution >= 4 is 44.6 Å². The monoisotopic (exact) mass is 359 g/mol. The molecule has 0 spiro atoms. The molecule has 0 aliphatic rings. The van der Waals surface area contributed by atoms with E-state index in [2.05, 4.69) is 21.2 Å². The summed E-state index contributed by atoms with van der Waals surface area (Å²) < 4.78 is 6.08. The highest BCUT2D eigenvalue weighted by atomic mass is 79.9. The molecule has 0 radical (unpaired) electrons. The summed E-state index contributed by atoms with van der Waals surface area (Å²) in [5, 5.41) is 7.25. The van der Waals surface area contributed by atoms with E-state index in [4.69, 9.17) is 4.74 Å². The van der Waals surface area contributed by atoms with Crippen LogP contribution in [0, 0.1) is 0 Å². The number of nitrogens with one attached hydrogen (secondary N) is 1. The number of thiophene rings is 2. The second-order valence-electron chi connectivity index (χ2n) is 3.78. The fourth-order valence-corrected chi connectivity index (χ4v) is 3.96. The van der Waals surface area contributed by atoms with Crippen LogP contribution in [0.5, 0.6) is 0 Å². The van der Waals surface area contributed by atoms with Gasteiger partial charge in [0.1, 0.15) is 6.04 Å². The van der Waals surface area contributed by atoms with Crippen molar-refractivity contribution in [2.45, 2.75) is 19.5 Å². The van der Waals surface area contributed by atoms with Gasteiger partial charge in [0.25, 0.3) is 0 Å². The molecule has 0 saturated heterocycles. The van der Waals surface area contributed by atoms with E-state index >= 15 is 0 Å². The second-order valence-corrected chi connectivity index (χ2v) is 6.61. The summed E-state index contributed by atoms with van der Waals surface area (Å²) in [4.78, 5) is 14.2. The summed E-state index contributed by atoms with van der Waals surface area (Å²) in [6, 6.07) is 5.57. The van der Waals surface area contributed by atoms with E-state index < -0.39 is 6.04 Å². The number of carbonyl (C=O) groups excluding carboxylic acids is 1. The Balaban J connectivity index is 2.10. The molecule has 0 aromatic carbocycles. The highest BCUT2D eigenvalue weighted by Gasteiger charge is 2.24. The zero-order chi connectivity index (χ0) is 13.7. The normalized spacial score (nSPS) is 12.3. The van der Waals surface area contributed by atoms with Crippen LogP contribution in [0.4, 0.5) is 0 Å². The van der Waals surface area contributed by atoms with Crippen LogP contribution in [0.1, 0.15) is 22.7 Å². The van der Waals surface area contributed by atoms with E-state index in [0.29, 0.717) is 13.2 Å². The van der Waals surface area contributed by atoms with Crippen LogP contribution in [0.2, 0.25) is 0 Å². The van der Waals surface area contributed by atoms with Crippen molar-refractivity contribution in [3.05, 3.63) is 43.2 Å². The van der Waals surface area contributed by atoms with Crippen LogP contribution < -0.4 is 5.32 Å². The Morgan fingerprint density at radius 2 is 2.26 bits per heavy atom. The van der Waals surface area contributed by atoms with Crippen molar-refractivity contribution < 1.29 is 9.53 Å². The molecule has 2 aromatic rings. The molecule has 19 heavy (non-hydrogen) atoms. The van der Waals surface area contributed by atoms with Crippen LogP contribution in [0.15, 0.2) is 33.4 Å². The van der Waals surface area contributed by atoms with Gasteiger partial charge in [-0.05, 0) is 45.7 Å². The van der Waals surface area contributed by atoms with Gasteiger partial charge in [0.15, 0.2) is 0 Å². The van der Waals surface area contributed by atoms with Crippen LogP contribution in [-0.4, -0.2) is 12.6 Å². The molecule has 3 nitrogen and oxygen atoms in total. The highest BCUT2D eigenvalue weighted by molar-refractivity contribution is 9.10. The minimum atomic E-state index is -0.420. The van der Waals surface area contributed by atoms with Crippen molar-refractivity contribution in [3.63, 3.8) is 0 Å². The largest absolute Gasteiger partial charge is 0.465 e. The zero-order valence-corrected chi connectivity index (χ0v) is 13.6. The molecule has 102 valence electrons. The zero-order valence-electron chi connectivity index (χ0n) is 10.4. The third kappa shape index (κ3) is 3.89. The second kappa shape index (κ2) is 7.19. The lowest BCUT2D eigenvalue weighted by atomic mass is 10.2. The molecular formula is C13H14BrNO2S2. The van der Waals surface area contributed by atoms with Gasteiger partial charge in [-0.3, -0.25) is 5.32 Å². The third-order valence-corrected chi connectivity index (χ3v) is 5.30. The summed E-state index contributed by atoms with van der Waals surface area (Å²) in [5.41, 5.74) is 0. The fraction of sp³-hybridized carbons (Fsp3) is 0.308. The van der Waals surface area contributed by atoms with Crippen LogP contribution in [-0.2, 0) is 16.1 Å². The molecule has 1 N–H and O–H groups in total. The lowest BCUT2D eigenvalue weighted by Gasteiger charge is -2.16. The Kier molecular flexibility index (Phi) is 5.57. The number of rotatable bonds is 6. The summed E-state index contributed by atoms with van der Waals surface area (Å²) in [7, 11) is 0. The van der Waals surface area contributed by atoms with Gasteiger partial charge in [0.2, 0.25) is 0 Å². The summed E-state index contributed by atoms with van der Waals surface area (Å²) >= 11 is 6.68. The van der Waals surface area contributed by atoms with Crippen LogP contribution in [0.25, 0.3) is 0 Å². The van der Waals surface area contributed by atoms with E-state index in [1.54, 1.807) is 22.7 Å². The van der Waals surface area contributed by atoms with E-state index in [-0.39, 0.29) is 5.97 Å². The molecule has 2 rings (SSSR count). The van der Waals surface area contributed by atoms with Gasteiger partial charge in [-0.1, -0.05) is 6.07 Å². The lowest BCUT2D eigenvalue weighted by molar-refractivity contribution is -0.145. The van der Waals surface area contributed by atoms with Gasteiger partial charge in [-0.15, -0.1) is 22.7 Å². The number of esters is 1. The topological polar surface area (TPSA) is 38.3 Å². The Morgan fingerprint density at radius 3 is 2.84 bits per heavy atom. The summed E-state index contributed by atoms with van der Waals surface area (Å²) in [5.74, 6) is -0.234. The minimum absolute atomic E-state index is 0.234. The molecular weight excluding hydrogens is 346 g/mol. The van der Waals surface area contributed by atoms with Crippen molar-refractivity contribution in [3.8, 4) is 0 Å². The minimum Gasteiger partial charge on any atom is -0.465 e. The molecule has 6 heteroatoms. The molecule has 1 atom stereocenters. The average molecular weight is 360 g/mol. The lowest BCUT2D eigenvalue weighted by Crippen LogP contribution is -2.29. The van der Waals surface area contributed by atoms with Crippen LogP contribution in [0.3, 0.4) is 0 Å². The van der Waals surface area contributed by atoms with Gasteiger partial charge in [0, 0.05) is 20.8 Å². The molecule has 0 bridgehead atoms. The molecule has 2 aromatic heterocycles. The molecule has 0 saturated carbocycles. The fourth-order valence-electron chi connectivity index (χ4n) is 1.64. The molecule has 0 aliphatic heterocycles. The van der Waals surface area contributed by atoms with Crippen molar-refractivity contribution in [2.24, 2.45) is 0 Å². The molecule has 2 heterocycles. The van der Waals surface area contributed by atoms with Crippen molar-refractivity contribution in [1.82, 2.24) is 5.32 Å². The van der Waals surface area contributed by atoms with Gasteiger partial charge in [-0.2, -0.15) is 0 Å². The number of hydrogen-bond donors (Lipinski definition) is 1. The quantitative estimate of drug-likeness (QED) is 0.793. The maximum atomic E-state index is 12.1. The average Bonchev–Trinajstić information content (AvgIpc) is 3.02. The predicted octanol–water partition coefficient (Wildman–Crippen LogP) is 3.97. The van der Waals surface area contributed by atoms with Gasteiger partial charge < -0.3 is 4.74 Å². The van der Waals surface area contributed by atoms with Gasteiger partial charge in [-0.25, -0.2) is 4.79 Å². The number of halogens is 1. The first-order valence-electron chi connectivity index (χ1n) is 5.87. The van der Waals surface area contributed by atoms with E-state index in [9.17, 15) is 4.79 Å². The van der Waals surface area contributed by atoms with Crippen molar-refractivity contribution in [1.29, 1.82) is 0 Å². The molecule has 0 fully saturated rings. The molecule has 1 unspecified atom stereocenters. The summed E-state index contributed by atoms with van der Waals surface area (Å²) in [6.45, 7) is 2.86. The Bertz CT molecular complexity index is 524. The first kappa shape index (κ1) is 14.7. The van der Waals surface area contributed by atoms with Crippen molar-refractivity contribution in [2.75, 3.05) is 6.61 Å².